The van der Waals surface area contributed by atoms with E-state index < -0.39 is 22.3 Å². The highest BCUT2D eigenvalue weighted by Crippen LogP contribution is 2.39. The molecule has 2 unspecified atom stereocenters. The molecule has 0 bridgehead atoms. The molecule has 1 saturated heterocycles. The fourth-order valence-corrected chi connectivity index (χ4v) is 3.72. The zero-order chi connectivity index (χ0) is 18.6. The molecule has 1 aromatic rings. The number of hydrogen-bond donors (Lipinski definition) is 0. The quantitative estimate of drug-likeness (QED) is 0.382. The van der Waals surface area contributed by atoms with Crippen molar-refractivity contribution in [2.75, 3.05) is 18.3 Å². The van der Waals surface area contributed by atoms with E-state index >= 15 is 0 Å². The number of anilines is 1. The lowest BCUT2D eigenvalue weighted by molar-refractivity contribution is -0.132. The van der Waals surface area contributed by atoms with E-state index in [0.29, 0.717) is 24.3 Å². The van der Waals surface area contributed by atoms with Crippen LogP contribution < -0.4 is 9.64 Å². The molecule has 7 heteroatoms. The third-order valence-electron chi connectivity index (χ3n) is 4.11. The number of β-lactam (4-membered cyclic amide) rings is 1. The largest absolute Gasteiger partial charge is 0.497 e. The summed E-state index contributed by atoms with van der Waals surface area (Å²) < 4.78 is 33.7. The van der Waals surface area contributed by atoms with Crippen molar-refractivity contribution in [3.8, 4) is 5.75 Å². The molecule has 1 aliphatic heterocycles. The van der Waals surface area contributed by atoms with Crippen LogP contribution in [0.15, 0.2) is 49.6 Å². The molecule has 1 fully saturated rings. The van der Waals surface area contributed by atoms with Gasteiger partial charge in [0, 0.05) is 5.69 Å². The SMILES string of the molecule is C=CCC(OS(C)(=O)=O)C1[C@@H](CC=C)C(=O)N1c1ccc(OC)cc1. The first-order valence-electron chi connectivity index (χ1n) is 7.89. The van der Waals surface area contributed by atoms with Gasteiger partial charge in [0.05, 0.1) is 25.3 Å². The Kier molecular flexibility index (Phi) is 6.02. The molecule has 6 nitrogen and oxygen atoms in total. The van der Waals surface area contributed by atoms with Crippen LogP contribution in [0.3, 0.4) is 0 Å². The molecule has 1 aliphatic rings. The lowest BCUT2D eigenvalue weighted by atomic mass is 9.79. The van der Waals surface area contributed by atoms with Crippen molar-refractivity contribution in [2.45, 2.75) is 25.0 Å². The lowest BCUT2D eigenvalue weighted by Gasteiger charge is -2.49. The van der Waals surface area contributed by atoms with Crippen molar-refractivity contribution in [2.24, 2.45) is 5.92 Å². The van der Waals surface area contributed by atoms with Crippen LogP contribution in [0.25, 0.3) is 0 Å². The summed E-state index contributed by atoms with van der Waals surface area (Å²) in [7, 11) is -2.11. The molecule has 0 spiro atoms. The third kappa shape index (κ3) is 4.29. The molecule has 3 atom stereocenters. The number of carbonyl (C=O) groups excluding carboxylic acids is 1. The summed E-state index contributed by atoms with van der Waals surface area (Å²) in [6.07, 6.45) is 4.33. The first-order chi connectivity index (χ1) is 11.8. The molecule has 1 aromatic carbocycles. The molecule has 0 aromatic heterocycles. The van der Waals surface area contributed by atoms with Crippen LogP contribution in [0.2, 0.25) is 0 Å². The highest BCUT2D eigenvalue weighted by atomic mass is 32.2. The number of ether oxygens (including phenoxy) is 1. The summed E-state index contributed by atoms with van der Waals surface area (Å²) >= 11 is 0. The number of rotatable bonds is 9. The lowest BCUT2D eigenvalue weighted by Crippen LogP contribution is -2.66. The van der Waals surface area contributed by atoms with Gasteiger partial charge in [-0.2, -0.15) is 8.42 Å². The number of amides is 1. The van der Waals surface area contributed by atoms with E-state index in [9.17, 15) is 13.2 Å². The summed E-state index contributed by atoms with van der Waals surface area (Å²) in [5, 5.41) is 0. The first-order valence-corrected chi connectivity index (χ1v) is 9.71. The van der Waals surface area contributed by atoms with Gasteiger partial charge in [0.1, 0.15) is 11.9 Å². The number of methoxy groups -OCH3 is 1. The van der Waals surface area contributed by atoms with Crippen molar-refractivity contribution in [3.63, 3.8) is 0 Å². The molecule has 0 aliphatic carbocycles. The Morgan fingerprint density at radius 1 is 1.24 bits per heavy atom. The van der Waals surface area contributed by atoms with Crippen LogP contribution in [-0.4, -0.2) is 39.8 Å². The van der Waals surface area contributed by atoms with E-state index in [0.717, 1.165) is 6.26 Å². The Hall–Kier alpha value is -2.12. The molecule has 2 rings (SSSR count). The second-order valence-corrected chi connectivity index (χ2v) is 7.49. The van der Waals surface area contributed by atoms with Crippen LogP contribution in [0.5, 0.6) is 5.75 Å². The third-order valence-corrected chi connectivity index (χ3v) is 4.71. The van der Waals surface area contributed by atoms with Gasteiger partial charge in [-0.15, -0.1) is 13.2 Å². The van der Waals surface area contributed by atoms with Crippen molar-refractivity contribution < 1.29 is 22.1 Å². The van der Waals surface area contributed by atoms with Crippen LogP contribution >= 0.6 is 0 Å². The van der Waals surface area contributed by atoms with Gasteiger partial charge in [0.25, 0.3) is 10.1 Å². The molecule has 1 amide bonds. The van der Waals surface area contributed by atoms with Crippen LogP contribution in [0, 0.1) is 5.92 Å². The molecule has 0 radical (unpaired) electrons. The molecule has 136 valence electrons. The molecule has 1 heterocycles. The summed E-state index contributed by atoms with van der Waals surface area (Å²) in [6.45, 7) is 7.35. The Morgan fingerprint density at radius 2 is 1.88 bits per heavy atom. The average molecular weight is 365 g/mol. The van der Waals surface area contributed by atoms with Gasteiger partial charge in [-0.05, 0) is 37.1 Å². The topological polar surface area (TPSA) is 72.9 Å². The summed E-state index contributed by atoms with van der Waals surface area (Å²) in [5.41, 5.74) is 0.669. The van der Waals surface area contributed by atoms with Crippen LogP contribution in [0.1, 0.15) is 12.8 Å². The molecular weight excluding hydrogens is 342 g/mol. The number of allylic oxidation sites excluding steroid dienone is 1. The van der Waals surface area contributed by atoms with E-state index in [-0.39, 0.29) is 11.8 Å². The predicted octanol–water partition coefficient (Wildman–Crippen LogP) is 2.52. The molecule has 25 heavy (non-hydrogen) atoms. The maximum absolute atomic E-state index is 12.6. The fraction of sp³-hybridized carbons (Fsp3) is 0.389. The van der Waals surface area contributed by atoms with Crippen molar-refractivity contribution in [1.29, 1.82) is 0 Å². The van der Waals surface area contributed by atoms with Gasteiger partial charge in [0.15, 0.2) is 0 Å². The van der Waals surface area contributed by atoms with Gasteiger partial charge in [-0.1, -0.05) is 12.2 Å². The summed E-state index contributed by atoms with van der Waals surface area (Å²) in [6, 6.07) is 6.62. The highest BCUT2D eigenvalue weighted by molar-refractivity contribution is 7.86. The Balaban J connectivity index is 2.36. The first kappa shape index (κ1) is 19.2. The van der Waals surface area contributed by atoms with E-state index in [1.54, 1.807) is 48.4 Å². The minimum atomic E-state index is -3.67. The van der Waals surface area contributed by atoms with Crippen LogP contribution in [-0.2, 0) is 19.1 Å². The highest BCUT2D eigenvalue weighted by Gasteiger charge is 2.51. The average Bonchev–Trinajstić information content (AvgIpc) is 2.56. The van der Waals surface area contributed by atoms with E-state index in [1.807, 2.05) is 0 Å². The Labute approximate surface area is 148 Å². The Morgan fingerprint density at radius 3 is 2.36 bits per heavy atom. The minimum Gasteiger partial charge on any atom is -0.497 e. The monoisotopic (exact) mass is 365 g/mol. The van der Waals surface area contributed by atoms with E-state index in [4.69, 9.17) is 8.92 Å². The number of nitrogens with zero attached hydrogens (tertiary/aromatic N) is 1. The second kappa shape index (κ2) is 7.84. The van der Waals surface area contributed by atoms with Crippen molar-refractivity contribution in [3.05, 3.63) is 49.6 Å². The summed E-state index contributed by atoms with van der Waals surface area (Å²) in [5.74, 6) is 0.221. The normalized spacial score (nSPS) is 21.4. The Bertz CT molecular complexity index is 741. The van der Waals surface area contributed by atoms with E-state index in [1.165, 1.54) is 0 Å². The fourth-order valence-electron chi connectivity index (χ4n) is 3.08. The van der Waals surface area contributed by atoms with E-state index in [2.05, 4.69) is 13.2 Å². The van der Waals surface area contributed by atoms with Gasteiger partial charge in [-0.3, -0.25) is 8.98 Å². The zero-order valence-electron chi connectivity index (χ0n) is 14.4. The molecule has 0 saturated carbocycles. The maximum atomic E-state index is 12.6. The standard InChI is InChI=1S/C18H23NO5S/c1-5-7-15-17(16(8-6-2)24-25(4,21)22)19(18(15)20)13-9-11-14(23-3)12-10-13/h5-6,9-12,15-17H,1-2,7-8H2,3-4H3/t15-,16?,17?/m1/s1. The minimum absolute atomic E-state index is 0.0822. The second-order valence-electron chi connectivity index (χ2n) is 5.89. The maximum Gasteiger partial charge on any atom is 0.264 e. The van der Waals surface area contributed by atoms with Gasteiger partial charge >= 0.3 is 0 Å². The smallest absolute Gasteiger partial charge is 0.264 e. The van der Waals surface area contributed by atoms with Gasteiger partial charge in [-0.25, -0.2) is 0 Å². The molecular formula is C18H23NO5S. The number of carbonyl (C=O) groups is 1. The van der Waals surface area contributed by atoms with Gasteiger partial charge in [0.2, 0.25) is 5.91 Å². The van der Waals surface area contributed by atoms with Crippen molar-refractivity contribution >= 4 is 21.7 Å². The van der Waals surface area contributed by atoms with Crippen LogP contribution in [0.4, 0.5) is 5.69 Å². The number of benzene rings is 1. The summed E-state index contributed by atoms with van der Waals surface area (Å²) in [4.78, 5) is 14.2. The van der Waals surface area contributed by atoms with Crippen molar-refractivity contribution in [1.82, 2.24) is 0 Å². The number of hydrogen-bond acceptors (Lipinski definition) is 5. The predicted molar refractivity (Wildman–Crippen MR) is 97.1 cm³/mol. The zero-order valence-corrected chi connectivity index (χ0v) is 15.2. The molecule has 0 N–H and O–H groups in total. The van der Waals surface area contributed by atoms with Gasteiger partial charge < -0.3 is 9.64 Å².